The molecule has 11 heteroatoms. The van der Waals surface area contributed by atoms with E-state index < -0.39 is 4.92 Å². The summed E-state index contributed by atoms with van der Waals surface area (Å²) in [4.78, 5) is 16.3. The van der Waals surface area contributed by atoms with Crippen molar-refractivity contribution >= 4 is 62.3 Å². The number of nitro benzene ring substituents is 1. The third-order valence-electron chi connectivity index (χ3n) is 4.55. The quantitative estimate of drug-likeness (QED) is 0.301. The fraction of sp³-hybridized carbons (Fsp3) is 0.167. The summed E-state index contributed by atoms with van der Waals surface area (Å²) in [5, 5.41) is 21.6. The number of para-hydroxylation sites is 1. The van der Waals surface area contributed by atoms with Gasteiger partial charge >= 0.3 is 5.69 Å². The Morgan fingerprint density at radius 3 is 2.83 bits per heavy atom. The van der Waals surface area contributed by atoms with Gasteiger partial charge in [0.1, 0.15) is 11.0 Å². The fourth-order valence-electron chi connectivity index (χ4n) is 3.36. The molecule has 0 bridgehead atoms. The topological polar surface area (TPSA) is 113 Å². The predicted octanol–water partition coefficient (Wildman–Crippen LogP) is 4.45. The van der Waals surface area contributed by atoms with E-state index in [0.29, 0.717) is 15.6 Å². The maximum absolute atomic E-state index is 11.7. The van der Waals surface area contributed by atoms with Crippen LogP contribution >= 0.6 is 23.5 Å². The third kappa shape index (κ3) is 2.89. The van der Waals surface area contributed by atoms with E-state index in [4.69, 9.17) is 4.98 Å². The number of nitrogens with zero attached hydrogens (tertiary/aromatic N) is 7. The van der Waals surface area contributed by atoms with Crippen molar-refractivity contribution in [2.45, 2.75) is 29.9 Å². The molecule has 0 aliphatic heterocycles. The number of aromatic nitrogens is 6. The molecule has 0 amide bonds. The van der Waals surface area contributed by atoms with Crippen LogP contribution in [0.1, 0.15) is 13.3 Å². The SMILES string of the molecule is CCCn1c2ccccc2c2nnc(Sc3ccc4nsnc4c3[N+](=O)[O-])nc21. The average Bonchev–Trinajstić information content (AvgIpc) is 3.31. The van der Waals surface area contributed by atoms with Crippen molar-refractivity contribution in [1.29, 1.82) is 0 Å². The lowest BCUT2D eigenvalue weighted by Crippen LogP contribution is -2.00. The van der Waals surface area contributed by atoms with Crippen LogP contribution in [0.25, 0.3) is 33.1 Å². The highest BCUT2D eigenvalue weighted by Crippen LogP contribution is 2.38. The molecule has 5 rings (SSSR count). The Labute approximate surface area is 172 Å². The standard InChI is InChI=1S/C18H13N7O2S2/c1-2-9-24-12-6-4-3-5-10(12)14-17(24)19-18(21-20-14)28-13-8-7-11-15(23-29-22-11)16(13)25(26)27/h3-8H,2,9H2,1H3. The van der Waals surface area contributed by atoms with E-state index in [2.05, 4.69) is 30.4 Å². The number of rotatable bonds is 5. The van der Waals surface area contributed by atoms with Crippen molar-refractivity contribution in [3.63, 3.8) is 0 Å². The van der Waals surface area contributed by atoms with Crippen LogP contribution in [0, 0.1) is 10.1 Å². The summed E-state index contributed by atoms with van der Waals surface area (Å²) < 4.78 is 10.3. The summed E-state index contributed by atoms with van der Waals surface area (Å²) >= 11 is 2.06. The first-order valence-electron chi connectivity index (χ1n) is 8.86. The van der Waals surface area contributed by atoms with Gasteiger partial charge in [-0.05, 0) is 36.4 Å². The second kappa shape index (κ2) is 7.01. The summed E-state index contributed by atoms with van der Waals surface area (Å²) in [7, 11) is 0. The summed E-state index contributed by atoms with van der Waals surface area (Å²) in [5.41, 5.74) is 3.20. The predicted molar refractivity (Wildman–Crippen MR) is 111 cm³/mol. The van der Waals surface area contributed by atoms with Crippen LogP contribution in [0.2, 0.25) is 0 Å². The van der Waals surface area contributed by atoms with Crippen molar-refractivity contribution < 1.29 is 4.92 Å². The molecule has 0 atom stereocenters. The maximum atomic E-state index is 11.7. The lowest BCUT2D eigenvalue weighted by Gasteiger charge is -2.05. The molecular weight excluding hydrogens is 410 g/mol. The van der Waals surface area contributed by atoms with Crippen molar-refractivity contribution in [3.05, 3.63) is 46.5 Å². The van der Waals surface area contributed by atoms with Crippen molar-refractivity contribution in [1.82, 2.24) is 28.5 Å². The highest BCUT2D eigenvalue weighted by atomic mass is 32.2. The monoisotopic (exact) mass is 423 g/mol. The Bertz CT molecular complexity index is 1400. The van der Waals surface area contributed by atoms with Gasteiger partial charge in [0, 0.05) is 11.9 Å². The first-order valence-corrected chi connectivity index (χ1v) is 10.4. The first kappa shape index (κ1) is 17.9. The molecule has 144 valence electrons. The Balaban J connectivity index is 1.66. The zero-order valence-electron chi connectivity index (χ0n) is 15.1. The molecule has 0 saturated heterocycles. The van der Waals surface area contributed by atoms with E-state index in [1.54, 1.807) is 12.1 Å². The minimum absolute atomic E-state index is 0.0842. The molecule has 9 nitrogen and oxygen atoms in total. The van der Waals surface area contributed by atoms with Gasteiger partial charge in [0.15, 0.2) is 11.2 Å². The Hall–Kier alpha value is -3.18. The van der Waals surface area contributed by atoms with Crippen LogP contribution in [0.15, 0.2) is 46.5 Å². The summed E-state index contributed by atoms with van der Waals surface area (Å²) in [6.45, 7) is 2.90. The molecule has 0 aliphatic carbocycles. The number of nitro groups is 1. The molecular formula is C18H13N7O2S2. The zero-order valence-corrected chi connectivity index (χ0v) is 16.8. The molecule has 0 radical (unpaired) electrons. The second-order valence-corrected chi connectivity index (χ2v) is 7.88. The molecule has 29 heavy (non-hydrogen) atoms. The van der Waals surface area contributed by atoms with E-state index in [1.165, 1.54) is 0 Å². The van der Waals surface area contributed by atoms with Crippen LogP contribution in [-0.2, 0) is 6.54 Å². The van der Waals surface area contributed by atoms with Gasteiger partial charge in [0.05, 0.1) is 27.1 Å². The summed E-state index contributed by atoms with van der Waals surface area (Å²) in [6.07, 6.45) is 0.944. The Morgan fingerprint density at radius 2 is 2.00 bits per heavy atom. The molecule has 3 heterocycles. The number of fused-ring (bicyclic) bond motifs is 4. The van der Waals surface area contributed by atoms with Gasteiger partial charge in [-0.2, -0.15) is 8.75 Å². The van der Waals surface area contributed by atoms with Gasteiger partial charge in [0.25, 0.3) is 0 Å². The number of hydrogen-bond donors (Lipinski definition) is 0. The van der Waals surface area contributed by atoms with Crippen LogP contribution in [0.4, 0.5) is 5.69 Å². The molecule has 2 aromatic carbocycles. The van der Waals surface area contributed by atoms with E-state index >= 15 is 0 Å². The number of aryl methyl sites for hydroxylation is 1. The molecule has 0 unspecified atom stereocenters. The highest BCUT2D eigenvalue weighted by molar-refractivity contribution is 7.99. The second-order valence-electron chi connectivity index (χ2n) is 6.34. The van der Waals surface area contributed by atoms with Crippen LogP contribution < -0.4 is 0 Å². The average molecular weight is 423 g/mol. The summed E-state index contributed by atoms with van der Waals surface area (Å²) in [6, 6.07) is 11.4. The smallest absolute Gasteiger partial charge is 0.312 e. The molecule has 5 aromatic rings. The fourth-order valence-corrected chi connectivity index (χ4v) is 4.71. The van der Waals surface area contributed by atoms with Crippen LogP contribution in [0.3, 0.4) is 0 Å². The molecule has 0 spiro atoms. The minimum atomic E-state index is -0.438. The van der Waals surface area contributed by atoms with Gasteiger partial charge in [-0.3, -0.25) is 10.1 Å². The number of hydrogen-bond acceptors (Lipinski definition) is 9. The minimum Gasteiger partial charge on any atom is -0.324 e. The van der Waals surface area contributed by atoms with Gasteiger partial charge in [-0.15, -0.1) is 10.2 Å². The molecule has 3 aromatic heterocycles. The summed E-state index contributed by atoms with van der Waals surface area (Å²) in [5.74, 6) is 0. The van der Waals surface area contributed by atoms with Gasteiger partial charge in [-0.1, -0.05) is 25.1 Å². The molecule has 0 fully saturated rings. The maximum Gasteiger partial charge on any atom is 0.312 e. The van der Waals surface area contributed by atoms with Crippen LogP contribution in [-0.4, -0.2) is 33.4 Å². The van der Waals surface area contributed by atoms with E-state index in [9.17, 15) is 10.1 Å². The van der Waals surface area contributed by atoms with Crippen molar-refractivity contribution in [2.24, 2.45) is 0 Å². The van der Waals surface area contributed by atoms with Crippen LogP contribution in [0.5, 0.6) is 0 Å². The van der Waals surface area contributed by atoms with Crippen molar-refractivity contribution in [2.75, 3.05) is 0 Å². The van der Waals surface area contributed by atoms with Gasteiger partial charge < -0.3 is 4.57 Å². The Morgan fingerprint density at radius 1 is 1.14 bits per heavy atom. The van der Waals surface area contributed by atoms with E-state index in [0.717, 1.165) is 58.5 Å². The highest BCUT2D eigenvalue weighted by Gasteiger charge is 2.24. The third-order valence-corrected chi connectivity index (χ3v) is 6.00. The Kier molecular flexibility index (Phi) is 4.32. The van der Waals surface area contributed by atoms with E-state index in [-0.39, 0.29) is 11.2 Å². The van der Waals surface area contributed by atoms with Gasteiger partial charge in [-0.25, -0.2) is 4.98 Å². The number of benzene rings is 2. The van der Waals surface area contributed by atoms with Gasteiger partial charge in [0.2, 0.25) is 5.16 Å². The van der Waals surface area contributed by atoms with Crippen molar-refractivity contribution in [3.8, 4) is 0 Å². The zero-order chi connectivity index (χ0) is 20.0. The van der Waals surface area contributed by atoms with E-state index in [1.807, 2.05) is 24.3 Å². The first-order chi connectivity index (χ1) is 14.2. The molecule has 0 saturated carbocycles. The largest absolute Gasteiger partial charge is 0.324 e. The normalized spacial score (nSPS) is 11.6. The lowest BCUT2D eigenvalue weighted by molar-refractivity contribution is -0.386. The molecule has 0 N–H and O–H groups in total. The molecule has 0 aliphatic rings. The lowest BCUT2D eigenvalue weighted by atomic mass is 10.2.